The smallest absolute Gasteiger partial charge is 0.179 e. The summed E-state index contributed by atoms with van der Waals surface area (Å²) in [5.74, 6) is 0.647. The minimum atomic E-state index is 0.647. The molecule has 0 bridgehead atoms. The second kappa shape index (κ2) is 7.92. The van der Waals surface area contributed by atoms with E-state index in [4.69, 9.17) is 15.0 Å². The van der Waals surface area contributed by atoms with Crippen molar-refractivity contribution >= 4 is 64.1 Å². The Kier molecular flexibility index (Phi) is 4.39. The van der Waals surface area contributed by atoms with Gasteiger partial charge < -0.3 is 0 Å². The maximum absolute atomic E-state index is 5.32. The Morgan fingerprint density at radius 3 is 1.97 bits per heavy atom. The molecule has 172 valence electrons. The fraction of sp³-hybridized carbons (Fsp3) is 0. The molecule has 4 heteroatoms. The topological polar surface area (TPSA) is 38.7 Å². The van der Waals surface area contributed by atoms with Crippen molar-refractivity contribution in [3.8, 4) is 22.8 Å². The Balaban J connectivity index is 1.51. The highest BCUT2D eigenvalue weighted by Gasteiger charge is 2.18. The van der Waals surface area contributed by atoms with Crippen molar-refractivity contribution in [2.75, 3.05) is 0 Å². The SMILES string of the molecule is c1ccc(-c2nc(-c3nc4c(ccc5c6ccccc6sc54)c4ccccc34)nc3ccccc23)cc1. The van der Waals surface area contributed by atoms with Crippen LogP contribution in [0.1, 0.15) is 0 Å². The van der Waals surface area contributed by atoms with Gasteiger partial charge in [-0.3, -0.25) is 0 Å². The number of nitrogens with zero attached hydrogens (tertiary/aromatic N) is 3. The molecule has 37 heavy (non-hydrogen) atoms. The van der Waals surface area contributed by atoms with Crippen molar-refractivity contribution in [1.29, 1.82) is 0 Å². The normalized spacial score (nSPS) is 11.8. The van der Waals surface area contributed by atoms with Crippen LogP contribution in [-0.2, 0) is 0 Å². The van der Waals surface area contributed by atoms with Crippen LogP contribution >= 0.6 is 11.3 Å². The summed E-state index contributed by atoms with van der Waals surface area (Å²) in [5, 5.41) is 6.93. The lowest BCUT2D eigenvalue weighted by atomic mass is 10.0. The predicted octanol–water partition coefficient (Wildman–Crippen LogP) is 9.03. The molecule has 3 heterocycles. The van der Waals surface area contributed by atoms with E-state index in [9.17, 15) is 0 Å². The minimum absolute atomic E-state index is 0.647. The summed E-state index contributed by atoms with van der Waals surface area (Å²) >= 11 is 1.80. The lowest BCUT2D eigenvalue weighted by Gasteiger charge is -2.12. The third kappa shape index (κ3) is 3.09. The van der Waals surface area contributed by atoms with E-state index in [1.54, 1.807) is 11.3 Å². The molecule has 0 radical (unpaired) electrons. The summed E-state index contributed by atoms with van der Waals surface area (Å²) in [6.45, 7) is 0. The molecule has 0 aliphatic heterocycles. The Morgan fingerprint density at radius 1 is 0.432 bits per heavy atom. The zero-order chi connectivity index (χ0) is 24.3. The molecule has 0 N–H and O–H groups in total. The molecule has 8 rings (SSSR count). The van der Waals surface area contributed by atoms with Gasteiger partial charge in [0.1, 0.15) is 5.69 Å². The largest absolute Gasteiger partial charge is 0.242 e. The summed E-state index contributed by atoms with van der Waals surface area (Å²) in [4.78, 5) is 15.5. The number of hydrogen-bond acceptors (Lipinski definition) is 4. The average Bonchev–Trinajstić information content (AvgIpc) is 3.36. The first-order valence-corrected chi connectivity index (χ1v) is 13.1. The number of thiophene rings is 1. The van der Waals surface area contributed by atoms with Crippen LogP contribution in [0.2, 0.25) is 0 Å². The van der Waals surface area contributed by atoms with Crippen molar-refractivity contribution in [3.63, 3.8) is 0 Å². The van der Waals surface area contributed by atoms with Gasteiger partial charge in [-0.2, -0.15) is 0 Å². The number of rotatable bonds is 2. The molecule has 3 nitrogen and oxygen atoms in total. The molecule has 0 aliphatic rings. The Bertz CT molecular complexity index is 2150. The molecule has 0 aliphatic carbocycles. The van der Waals surface area contributed by atoms with Gasteiger partial charge in [0.05, 0.1) is 21.4 Å². The van der Waals surface area contributed by atoms with Crippen LogP contribution in [0.5, 0.6) is 0 Å². The van der Waals surface area contributed by atoms with Crippen LogP contribution in [0.15, 0.2) is 115 Å². The van der Waals surface area contributed by atoms with Gasteiger partial charge in [-0.05, 0) is 17.5 Å². The molecule has 8 aromatic rings. The van der Waals surface area contributed by atoms with E-state index in [0.717, 1.165) is 44.1 Å². The standard InChI is InChI=1S/C33H19N3S/c1-2-10-20(11-3-1)29-26-15-6-8-16-27(26)34-33(36-29)31-23-14-5-4-12-21(23)24-18-19-25-22-13-7-9-17-28(22)37-32(25)30(24)35-31/h1-19H. The molecular weight excluding hydrogens is 470 g/mol. The summed E-state index contributed by atoms with van der Waals surface area (Å²) < 4.78 is 2.48. The molecule has 0 unspecified atom stereocenters. The number of benzene rings is 5. The van der Waals surface area contributed by atoms with E-state index in [1.165, 1.54) is 25.6 Å². The van der Waals surface area contributed by atoms with Crippen molar-refractivity contribution in [1.82, 2.24) is 15.0 Å². The average molecular weight is 490 g/mol. The molecule has 3 aromatic heterocycles. The van der Waals surface area contributed by atoms with Gasteiger partial charge in [-0.25, -0.2) is 15.0 Å². The Morgan fingerprint density at radius 2 is 1.11 bits per heavy atom. The van der Waals surface area contributed by atoms with Crippen molar-refractivity contribution < 1.29 is 0 Å². The number of aromatic nitrogens is 3. The highest BCUT2D eigenvalue weighted by Crippen LogP contribution is 2.41. The first kappa shape index (κ1) is 20.5. The van der Waals surface area contributed by atoms with Gasteiger partial charge in [0.25, 0.3) is 0 Å². The minimum Gasteiger partial charge on any atom is -0.242 e. The number of para-hydroxylation sites is 1. The van der Waals surface area contributed by atoms with Crippen molar-refractivity contribution in [2.45, 2.75) is 0 Å². The Hall–Kier alpha value is -4.67. The van der Waals surface area contributed by atoms with Crippen molar-refractivity contribution in [2.24, 2.45) is 0 Å². The summed E-state index contributed by atoms with van der Waals surface area (Å²) in [6, 6.07) is 40.1. The maximum Gasteiger partial charge on any atom is 0.179 e. The van der Waals surface area contributed by atoms with Gasteiger partial charge in [0.2, 0.25) is 0 Å². The molecule has 0 spiro atoms. The second-order valence-corrected chi connectivity index (χ2v) is 10.3. The lowest BCUT2D eigenvalue weighted by molar-refractivity contribution is 1.20. The van der Waals surface area contributed by atoms with E-state index in [0.29, 0.717) is 5.82 Å². The monoisotopic (exact) mass is 489 g/mol. The van der Waals surface area contributed by atoms with Crippen molar-refractivity contribution in [3.05, 3.63) is 115 Å². The van der Waals surface area contributed by atoms with Crippen LogP contribution in [0.4, 0.5) is 0 Å². The molecule has 0 saturated heterocycles. The molecule has 0 atom stereocenters. The first-order valence-electron chi connectivity index (χ1n) is 12.3. The maximum atomic E-state index is 5.32. The fourth-order valence-electron chi connectivity index (χ4n) is 5.37. The Labute approximate surface area is 216 Å². The van der Waals surface area contributed by atoms with Gasteiger partial charge in [0, 0.05) is 37.2 Å². The highest BCUT2D eigenvalue weighted by molar-refractivity contribution is 7.26. The van der Waals surface area contributed by atoms with E-state index in [2.05, 4.69) is 84.9 Å². The van der Waals surface area contributed by atoms with Crippen LogP contribution in [0, 0.1) is 0 Å². The number of fused-ring (bicyclic) bond motifs is 8. The fourth-order valence-corrected chi connectivity index (χ4v) is 6.56. The quantitative estimate of drug-likeness (QED) is 0.227. The highest BCUT2D eigenvalue weighted by atomic mass is 32.1. The van der Waals surface area contributed by atoms with Crippen LogP contribution in [0.25, 0.3) is 75.5 Å². The van der Waals surface area contributed by atoms with Gasteiger partial charge in [0.15, 0.2) is 5.82 Å². The zero-order valence-electron chi connectivity index (χ0n) is 19.7. The number of hydrogen-bond donors (Lipinski definition) is 0. The van der Waals surface area contributed by atoms with Gasteiger partial charge in [-0.15, -0.1) is 11.3 Å². The predicted molar refractivity (Wildman–Crippen MR) is 156 cm³/mol. The van der Waals surface area contributed by atoms with Gasteiger partial charge >= 0.3 is 0 Å². The summed E-state index contributed by atoms with van der Waals surface area (Å²) in [7, 11) is 0. The van der Waals surface area contributed by atoms with Gasteiger partial charge in [-0.1, -0.05) is 103 Å². The molecule has 0 fully saturated rings. The number of pyridine rings is 1. The van der Waals surface area contributed by atoms with E-state index >= 15 is 0 Å². The van der Waals surface area contributed by atoms with Crippen LogP contribution in [0.3, 0.4) is 0 Å². The lowest BCUT2D eigenvalue weighted by Crippen LogP contribution is -1.98. The third-order valence-corrected chi connectivity index (χ3v) is 8.27. The summed E-state index contributed by atoms with van der Waals surface area (Å²) in [6.07, 6.45) is 0. The van der Waals surface area contributed by atoms with Crippen LogP contribution < -0.4 is 0 Å². The van der Waals surface area contributed by atoms with Crippen LogP contribution in [-0.4, -0.2) is 15.0 Å². The van der Waals surface area contributed by atoms with E-state index in [1.807, 2.05) is 30.3 Å². The second-order valence-electron chi connectivity index (χ2n) is 9.22. The van der Waals surface area contributed by atoms with E-state index in [-0.39, 0.29) is 0 Å². The molecule has 5 aromatic carbocycles. The molecular formula is C33H19N3S. The molecule has 0 amide bonds. The first-order chi connectivity index (χ1) is 18.3. The zero-order valence-corrected chi connectivity index (χ0v) is 20.5. The molecule has 0 saturated carbocycles. The van der Waals surface area contributed by atoms with E-state index < -0.39 is 0 Å². The summed E-state index contributed by atoms with van der Waals surface area (Å²) in [5.41, 5.74) is 4.73. The third-order valence-electron chi connectivity index (χ3n) is 7.08.